The summed E-state index contributed by atoms with van der Waals surface area (Å²) in [6.07, 6.45) is 3.86. The first-order chi connectivity index (χ1) is 11.6. The van der Waals surface area contributed by atoms with Gasteiger partial charge < -0.3 is 16.4 Å². The number of nitrogens with zero attached hydrogens (tertiary/aromatic N) is 3. The lowest BCUT2D eigenvalue weighted by Gasteiger charge is -2.29. The molecule has 1 aliphatic carbocycles. The first-order valence-corrected chi connectivity index (χ1v) is 8.90. The van der Waals surface area contributed by atoms with E-state index < -0.39 is 0 Å². The highest BCUT2D eigenvalue weighted by atomic mass is 35.5. The second-order valence-corrected chi connectivity index (χ2v) is 7.19. The highest BCUT2D eigenvalue weighted by Gasteiger charge is 2.29. The van der Waals surface area contributed by atoms with Crippen LogP contribution in [0.3, 0.4) is 0 Å². The molecule has 1 fully saturated rings. The number of aromatic nitrogens is 2. The Bertz CT molecular complexity index is 763. The Kier molecular flexibility index (Phi) is 4.06. The highest BCUT2D eigenvalue weighted by Crippen LogP contribution is 2.38. The molecule has 0 radical (unpaired) electrons. The molecule has 4 rings (SSSR count). The van der Waals surface area contributed by atoms with Gasteiger partial charge in [-0.1, -0.05) is 29.8 Å². The number of hydrogen-bond donors (Lipinski definition) is 2. The fourth-order valence-corrected chi connectivity index (χ4v) is 4.22. The van der Waals surface area contributed by atoms with Gasteiger partial charge in [-0.25, -0.2) is 4.98 Å². The summed E-state index contributed by atoms with van der Waals surface area (Å²) in [5.74, 6) is 1.72. The summed E-state index contributed by atoms with van der Waals surface area (Å²) >= 11 is 6.39. The molecular weight excluding hydrogens is 322 g/mol. The fraction of sp³-hybridized carbons (Fsp3) is 0.444. The number of fused-ring (bicyclic) bond motifs is 1. The molecule has 2 aliphatic rings. The molecule has 2 heterocycles. The summed E-state index contributed by atoms with van der Waals surface area (Å²) in [6.45, 7) is 1.79. The topological polar surface area (TPSA) is 81.1 Å². The van der Waals surface area contributed by atoms with Crippen molar-refractivity contribution in [1.82, 2.24) is 9.97 Å². The zero-order valence-corrected chi connectivity index (χ0v) is 14.3. The van der Waals surface area contributed by atoms with Crippen molar-refractivity contribution in [2.45, 2.75) is 37.6 Å². The Morgan fingerprint density at radius 1 is 1.17 bits per heavy atom. The van der Waals surface area contributed by atoms with Gasteiger partial charge in [-0.2, -0.15) is 4.98 Å². The standard InChI is InChI=1S/C18H22ClN5/c19-15-4-2-1-3-13(15)11-5-6-14-16(9-11)22-18(21)23-17(14)24-8-7-12(20)10-24/h1-4,11-12H,5-10,20H2,(H2,21,22,23). The molecule has 0 bridgehead atoms. The van der Waals surface area contributed by atoms with Crippen LogP contribution in [0.4, 0.5) is 11.8 Å². The Morgan fingerprint density at radius 2 is 2.00 bits per heavy atom. The van der Waals surface area contributed by atoms with Crippen molar-refractivity contribution in [3.63, 3.8) is 0 Å². The molecule has 2 aromatic rings. The fourth-order valence-electron chi connectivity index (χ4n) is 3.93. The Hall–Kier alpha value is -1.85. The molecule has 126 valence electrons. The predicted octanol–water partition coefficient (Wildman–Crippen LogP) is 2.52. The van der Waals surface area contributed by atoms with Gasteiger partial charge in [0.05, 0.1) is 5.69 Å². The van der Waals surface area contributed by atoms with E-state index in [0.717, 1.165) is 55.3 Å². The molecular formula is C18H22ClN5. The zero-order valence-electron chi connectivity index (χ0n) is 13.6. The third kappa shape index (κ3) is 2.82. The molecule has 1 saturated heterocycles. The summed E-state index contributed by atoms with van der Waals surface area (Å²) in [4.78, 5) is 11.3. The number of benzene rings is 1. The highest BCUT2D eigenvalue weighted by molar-refractivity contribution is 6.31. The number of nitrogen functional groups attached to an aromatic ring is 1. The molecule has 2 atom stereocenters. The molecule has 0 saturated carbocycles. The van der Waals surface area contributed by atoms with Crippen molar-refractivity contribution in [2.24, 2.45) is 5.73 Å². The smallest absolute Gasteiger partial charge is 0.222 e. The minimum absolute atomic E-state index is 0.219. The lowest BCUT2D eigenvalue weighted by molar-refractivity contribution is 0.570. The van der Waals surface area contributed by atoms with Crippen molar-refractivity contribution in [3.05, 3.63) is 46.1 Å². The van der Waals surface area contributed by atoms with Crippen LogP contribution in [0.1, 0.15) is 35.6 Å². The van der Waals surface area contributed by atoms with Gasteiger partial charge in [0.2, 0.25) is 5.95 Å². The van der Waals surface area contributed by atoms with Crippen LogP contribution in [0.5, 0.6) is 0 Å². The number of rotatable bonds is 2. The third-order valence-electron chi connectivity index (χ3n) is 5.14. The van der Waals surface area contributed by atoms with E-state index in [1.165, 1.54) is 11.1 Å². The molecule has 24 heavy (non-hydrogen) atoms. The monoisotopic (exact) mass is 343 g/mol. The first kappa shape index (κ1) is 15.7. The predicted molar refractivity (Wildman–Crippen MR) is 97.5 cm³/mol. The van der Waals surface area contributed by atoms with Gasteiger partial charge in [0.1, 0.15) is 5.82 Å². The van der Waals surface area contributed by atoms with E-state index in [2.05, 4.69) is 20.9 Å². The van der Waals surface area contributed by atoms with Crippen LogP contribution in [0, 0.1) is 0 Å². The molecule has 1 aliphatic heterocycles. The lowest BCUT2D eigenvalue weighted by Crippen LogP contribution is -2.29. The maximum Gasteiger partial charge on any atom is 0.222 e. The van der Waals surface area contributed by atoms with Gasteiger partial charge in [0.25, 0.3) is 0 Å². The third-order valence-corrected chi connectivity index (χ3v) is 5.48. The minimum Gasteiger partial charge on any atom is -0.368 e. The molecule has 0 spiro atoms. The number of hydrogen-bond acceptors (Lipinski definition) is 5. The van der Waals surface area contributed by atoms with Crippen molar-refractivity contribution in [2.75, 3.05) is 23.7 Å². The van der Waals surface area contributed by atoms with Gasteiger partial charge in [0, 0.05) is 29.7 Å². The van der Waals surface area contributed by atoms with E-state index >= 15 is 0 Å². The summed E-state index contributed by atoms with van der Waals surface area (Å²) in [5.41, 5.74) is 15.6. The summed E-state index contributed by atoms with van der Waals surface area (Å²) < 4.78 is 0. The van der Waals surface area contributed by atoms with Crippen LogP contribution in [0.2, 0.25) is 5.02 Å². The number of anilines is 2. The van der Waals surface area contributed by atoms with Crippen molar-refractivity contribution < 1.29 is 0 Å². The summed E-state index contributed by atoms with van der Waals surface area (Å²) in [6, 6.07) is 8.30. The molecule has 0 amide bonds. The summed E-state index contributed by atoms with van der Waals surface area (Å²) in [5, 5.41) is 0.832. The average molecular weight is 344 g/mol. The van der Waals surface area contributed by atoms with E-state index in [1.54, 1.807) is 0 Å². The normalized spacial score (nSPS) is 23.3. The molecule has 2 unspecified atom stereocenters. The van der Waals surface area contributed by atoms with E-state index in [4.69, 9.17) is 23.1 Å². The van der Waals surface area contributed by atoms with Crippen LogP contribution in [-0.2, 0) is 12.8 Å². The van der Waals surface area contributed by atoms with Crippen molar-refractivity contribution >= 4 is 23.4 Å². The molecule has 1 aromatic carbocycles. The number of nitrogens with two attached hydrogens (primary N) is 2. The van der Waals surface area contributed by atoms with Crippen molar-refractivity contribution in [3.8, 4) is 0 Å². The Morgan fingerprint density at radius 3 is 2.75 bits per heavy atom. The van der Waals surface area contributed by atoms with E-state index in [0.29, 0.717) is 11.9 Å². The van der Waals surface area contributed by atoms with E-state index in [-0.39, 0.29) is 6.04 Å². The second kappa shape index (κ2) is 6.22. The largest absolute Gasteiger partial charge is 0.368 e. The molecule has 5 nitrogen and oxygen atoms in total. The van der Waals surface area contributed by atoms with Crippen LogP contribution in [-0.4, -0.2) is 29.1 Å². The van der Waals surface area contributed by atoms with Gasteiger partial charge in [0.15, 0.2) is 0 Å². The van der Waals surface area contributed by atoms with Crippen LogP contribution in [0.25, 0.3) is 0 Å². The number of halogens is 1. The van der Waals surface area contributed by atoms with Crippen LogP contribution < -0.4 is 16.4 Å². The molecule has 1 aromatic heterocycles. The Balaban J connectivity index is 1.67. The van der Waals surface area contributed by atoms with E-state index in [9.17, 15) is 0 Å². The van der Waals surface area contributed by atoms with Gasteiger partial charge in [-0.05, 0) is 43.2 Å². The zero-order chi connectivity index (χ0) is 16.7. The van der Waals surface area contributed by atoms with Gasteiger partial charge in [-0.15, -0.1) is 0 Å². The van der Waals surface area contributed by atoms with Crippen LogP contribution in [0.15, 0.2) is 24.3 Å². The van der Waals surface area contributed by atoms with Crippen LogP contribution >= 0.6 is 11.6 Å². The molecule has 6 heteroatoms. The second-order valence-electron chi connectivity index (χ2n) is 6.79. The first-order valence-electron chi connectivity index (χ1n) is 8.52. The molecule has 4 N–H and O–H groups in total. The lowest BCUT2D eigenvalue weighted by atomic mass is 9.82. The van der Waals surface area contributed by atoms with Crippen molar-refractivity contribution in [1.29, 1.82) is 0 Å². The minimum atomic E-state index is 0.219. The Labute approximate surface area is 147 Å². The van der Waals surface area contributed by atoms with Gasteiger partial charge >= 0.3 is 0 Å². The quantitative estimate of drug-likeness (QED) is 0.875. The SMILES string of the molecule is Nc1nc2c(c(N3CCC(N)C3)n1)CCC(c1ccccc1Cl)C2. The average Bonchev–Trinajstić information content (AvgIpc) is 3.00. The van der Waals surface area contributed by atoms with Gasteiger partial charge in [-0.3, -0.25) is 0 Å². The maximum atomic E-state index is 6.39. The summed E-state index contributed by atoms with van der Waals surface area (Å²) in [7, 11) is 0. The maximum absolute atomic E-state index is 6.39. The van der Waals surface area contributed by atoms with E-state index in [1.807, 2.05) is 18.2 Å².